The van der Waals surface area contributed by atoms with Crippen molar-refractivity contribution in [2.45, 2.75) is 12.8 Å². The van der Waals surface area contributed by atoms with Gasteiger partial charge in [0, 0.05) is 18.3 Å². The van der Waals surface area contributed by atoms with Gasteiger partial charge in [-0.2, -0.15) is 0 Å². The van der Waals surface area contributed by atoms with Crippen molar-refractivity contribution in [3.63, 3.8) is 0 Å². The van der Waals surface area contributed by atoms with Gasteiger partial charge in [-0.1, -0.05) is 0 Å². The summed E-state index contributed by atoms with van der Waals surface area (Å²) in [4.78, 5) is 28.4. The second-order valence-electron chi connectivity index (χ2n) is 3.24. The van der Waals surface area contributed by atoms with Crippen LogP contribution in [0.1, 0.15) is 23.3 Å². The lowest BCUT2D eigenvalue weighted by Gasteiger charge is -2.24. The molecule has 5 heteroatoms. The number of ketones is 1. The Bertz CT molecular complexity index is 348. The highest BCUT2D eigenvalue weighted by Gasteiger charge is 2.23. The lowest BCUT2D eigenvalue weighted by molar-refractivity contribution is -0.121. The van der Waals surface area contributed by atoms with E-state index in [9.17, 15) is 9.59 Å². The molecule has 0 aliphatic carbocycles. The summed E-state index contributed by atoms with van der Waals surface area (Å²) in [5.74, 6) is 0.0131. The highest BCUT2D eigenvalue weighted by atomic mass is 32.1. The van der Waals surface area contributed by atoms with E-state index < -0.39 is 0 Å². The summed E-state index contributed by atoms with van der Waals surface area (Å²) in [6.45, 7) is 0.915. The Hall–Kier alpha value is -1.23. The smallest absolute Gasteiger partial charge is 0.273 e. The number of amides is 1. The van der Waals surface area contributed by atoms with Gasteiger partial charge < -0.3 is 4.90 Å². The SMILES string of the molecule is O=C1CCCN(C(=O)c2cscn2)C1. The van der Waals surface area contributed by atoms with E-state index in [0.717, 1.165) is 6.42 Å². The summed E-state index contributed by atoms with van der Waals surface area (Å²) < 4.78 is 0. The van der Waals surface area contributed by atoms with Crippen molar-refractivity contribution >= 4 is 23.0 Å². The molecule has 1 fully saturated rings. The molecule has 0 unspecified atom stereocenters. The first kappa shape index (κ1) is 9.33. The zero-order valence-corrected chi connectivity index (χ0v) is 8.42. The van der Waals surface area contributed by atoms with E-state index in [1.54, 1.807) is 15.8 Å². The van der Waals surface area contributed by atoms with Gasteiger partial charge in [-0.05, 0) is 6.42 Å². The average Bonchev–Trinajstić information content (AvgIpc) is 2.69. The molecule has 0 aromatic carbocycles. The van der Waals surface area contributed by atoms with Crippen LogP contribution in [0, 0.1) is 0 Å². The van der Waals surface area contributed by atoms with Crippen LogP contribution in [0.15, 0.2) is 10.9 Å². The summed E-state index contributed by atoms with van der Waals surface area (Å²) in [5, 5.41) is 1.71. The van der Waals surface area contributed by atoms with Crippen LogP contribution in [-0.4, -0.2) is 34.7 Å². The number of carbonyl (C=O) groups is 2. The third kappa shape index (κ3) is 1.82. The van der Waals surface area contributed by atoms with E-state index in [1.807, 2.05) is 0 Å². The second-order valence-corrected chi connectivity index (χ2v) is 3.96. The molecule has 14 heavy (non-hydrogen) atoms. The van der Waals surface area contributed by atoms with E-state index in [1.165, 1.54) is 11.3 Å². The van der Waals surface area contributed by atoms with Crippen molar-refractivity contribution in [1.82, 2.24) is 9.88 Å². The maximum Gasteiger partial charge on any atom is 0.273 e. The van der Waals surface area contributed by atoms with Gasteiger partial charge in [0.15, 0.2) is 5.78 Å². The lowest BCUT2D eigenvalue weighted by Crippen LogP contribution is -2.40. The molecule has 2 heterocycles. The molecule has 1 amide bonds. The minimum atomic E-state index is -0.126. The monoisotopic (exact) mass is 210 g/mol. The van der Waals surface area contributed by atoms with E-state index >= 15 is 0 Å². The molecule has 0 atom stereocenters. The van der Waals surface area contributed by atoms with Crippen molar-refractivity contribution in [1.29, 1.82) is 0 Å². The highest BCUT2D eigenvalue weighted by molar-refractivity contribution is 7.07. The average molecular weight is 210 g/mol. The van der Waals surface area contributed by atoms with Crippen LogP contribution in [0.3, 0.4) is 0 Å². The fourth-order valence-electron chi connectivity index (χ4n) is 1.49. The van der Waals surface area contributed by atoms with Crippen LogP contribution in [0.25, 0.3) is 0 Å². The van der Waals surface area contributed by atoms with Gasteiger partial charge in [0.2, 0.25) is 0 Å². The first-order valence-electron chi connectivity index (χ1n) is 4.46. The van der Waals surface area contributed by atoms with Gasteiger partial charge in [0.05, 0.1) is 12.1 Å². The molecule has 1 aromatic heterocycles. The molecule has 4 nitrogen and oxygen atoms in total. The fourth-order valence-corrected chi connectivity index (χ4v) is 2.02. The second kappa shape index (κ2) is 3.88. The molecule has 0 N–H and O–H groups in total. The number of aromatic nitrogens is 1. The predicted octanol–water partition coefficient (Wildman–Crippen LogP) is 0.948. The van der Waals surface area contributed by atoms with Crippen LogP contribution in [-0.2, 0) is 4.79 Å². The van der Waals surface area contributed by atoms with E-state index in [-0.39, 0.29) is 18.2 Å². The van der Waals surface area contributed by atoms with Crippen molar-refractivity contribution in [3.05, 3.63) is 16.6 Å². The van der Waals surface area contributed by atoms with Gasteiger partial charge >= 0.3 is 0 Å². The molecule has 0 bridgehead atoms. The van der Waals surface area contributed by atoms with Crippen LogP contribution in [0.2, 0.25) is 0 Å². The van der Waals surface area contributed by atoms with Crippen molar-refractivity contribution in [2.24, 2.45) is 0 Å². The van der Waals surface area contributed by atoms with Gasteiger partial charge in [0.1, 0.15) is 5.69 Å². The molecule has 0 spiro atoms. The third-order valence-corrected chi connectivity index (χ3v) is 2.78. The number of thiazole rings is 1. The quantitative estimate of drug-likeness (QED) is 0.693. The number of Topliss-reactive ketones (excluding diaryl/α,β-unsaturated/α-hetero) is 1. The summed E-state index contributed by atoms with van der Waals surface area (Å²) in [7, 11) is 0. The Balaban J connectivity index is 2.08. The molecule has 1 aliphatic rings. The number of hydrogen-bond donors (Lipinski definition) is 0. The lowest BCUT2D eigenvalue weighted by atomic mass is 10.1. The van der Waals surface area contributed by atoms with E-state index in [2.05, 4.69) is 4.98 Å². The highest BCUT2D eigenvalue weighted by Crippen LogP contribution is 2.11. The predicted molar refractivity (Wildman–Crippen MR) is 52.3 cm³/mol. The Labute approximate surface area is 85.6 Å². The molecule has 2 rings (SSSR count). The van der Waals surface area contributed by atoms with Crippen LogP contribution in [0.5, 0.6) is 0 Å². The topological polar surface area (TPSA) is 50.3 Å². The van der Waals surface area contributed by atoms with Gasteiger partial charge in [-0.3, -0.25) is 9.59 Å². The molecular weight excluding hydrogens is 200 g/mol. The Kier molecular flexibility index (Phi) is 2.58. The fraction of sp³-hybridized carbons (Fsp3) is 0.444. The Morgan fingerprint density at radius 3 is 3.07 bits per heavy atom. The minimum absolute atomic E-state index is 0.126. The number of carbonyl (C=O) groups excluding carboxylic acids is 2. The minimum Gasteiger partial charge on any atom is -0.330 e. The van der Waals surface area contributed by atoms with Crippen LogP contribution < -0.4 is 0 Å². The number of rotatable bonds is 1. The van der Waals surface area contributed by atoms with Crippen molar-refractivity contribution in [3.8, 4) is 0 Å². The van der Waals surface area contributed by atoms with Crippen molar-refractivity contribution < 1.29 is 9.59 Å². The summed E-state index contributed by atoms with van der Waals surface area (Å²) in [6, 6.07) is 0. The molecule has 0 radical (unpaired) electrons. The summed E-state index contributed by atoms with van der Waals surface area (Å²) >= 11 is 1.39. The van der Waals surface area contributed by atoms with Gasteiger partial charge in [0.25, 0.3) is 5.91 Å². The number of nitrogens with zero attached hydrogens (tertiary/aromatic N) is 2. The normalized spacial score (nSPS) is 17.1. The largest absolute Gasteiger partial charge is 0.330 e. The zero-order chi connectivity index (χ0) is 9.97. The maximum atomic E-state index is 11.7. The van der Waals surface area contributed by atoms with Crippen LogP contribution in [0.4, 0.5) is 0 Å². The van der Waals surface area contributed by atoms with Crippen molar-refractivity contribution in [2.75, 3.05) is 13.1 Å². The summed E-state index contributed by atoms with van der Waals surface area (Å²) in [5.41, 5.74) is 2.07. The van der Waals surface area contributed by atoms with Gasteiger partial charge in [-0.25, -0.2) is 4.98 Å². The first-order chi connectivity index (χ1) is 6.77. The molecule has 1 aromatic rings. The maximum absolute atomic E-state index is 11.7. The van der Waals surface area contributed by atoms with E-state index in [0.29, 0.717) is 18.7 Å². The van der Waals surface area contributed by atoms with Gasteiger partial charge in [-0.15, -0.1) is 11.3 Å². The molecule has 0 saturated carbocycles. The molecule has 1 saturated heterocycles. The first-order valence-corrected chi connectivity index (χ1v) is 5.41. The number of hydrogen-bond acceptors (Lipinski definition) is 4. The zero-order valence-electron chi connectivity index (χ0n) is 7.60. The Morgan fingerprint density at radius 2 is 2.43 bits per heavy atom. The van der Waals surface area contributed by atoms with E-state index in [4.69, 9.17) is 0 Å². The molecule has 1 aliphatic heterocycles. The third-order valence-electron chi connectivity index (χ3n) is 2.19. The summed E-state index contributed by atoms with van der Waals surface area (Å²) in [6.07, 6.45) is 1.37. The number of likely N-dealkylation sites (tertiary alicyclic amines) is 1. The molecular formula is C9H10N2O2S. The number of piperidine rings is 1. The standard InChI is InChI=1S/C9H10N2O2S/c12-7-2-1-3-11(4-7)9(13)8-5-14-6-10-8/h5-6H,1-4H2. The Morgan fingerprint density at radius 1 is 1.57 bits per heavy atom. The van der Waals surface area contributed by atoms with Crippen LogP contribution >= 0.6 is 11.3 Å². The molecule has 74 valence electrons.